The highest BCUT2D eigenvalue weighted by Crippen LogP contribution is 2.30. The molecule has 1 nitrogen and oxygen atoms in total. The SMILES string of the molecule is C=C=CC[C@@H]1CN(Cc2ccccc2)C[C@H]1CC=C=C. The highest BCUT2D eigenvalue weighted by atomic mass is 15.1. The van der Waals surface area contributed by atoms with Gasteiger partial charge < -0.3 is 0 Å². The van der Waals surface area contributed by atoms with Crippen molar-refractivity contribution in [2.45, 2.75) is 19.4 Å². The molecule has 1 aliphatic heterocycles. The van der Waals surface area contributed by atoms with Gasteiger partial charge >= 0.3 is 0 Å². The van der Waals surface area contributed by atoms with E-state index in [1.54, 1.807) is 0 Å². The lowest BCUT2D eigenvalue weighted by molar-refractivity contribution is 0.313. The molecular formula is C19H23N. The zero-order chi connectivity index (χ0) is 14.2. The van der Waals surface area contributed by atoms with Crippen molar-refractivity contribution in [2.75, 3.05) is 13.1 Å². The van der Waals surface area contributed by atoms with Crippen LogP contribution in [0.25, 0.3) is 0 Å². The van der Waals surface area contributed by atoms with Crippen molar-refractivity contribution < 1.29 is 0 Å². The molecule has 1 heteroatoms. The Balaban J connectivity index is 1.98. The maximum atomic E-state index is 3.67. The molecule has 1 saturated heterocycles. The van der Waals surface area contributed by atoms with Crippen molar-refractivity contribution in [3.05, 3.63) is 72.7 Å². The van der Waals surface area contributed by atoms with Gasteiger partial charge in [0.05, 0.1) is 0 Å². The lowest BCUT2D eigenvalue weighted by atomic mass is 9.90. The second-order valence-electron chi connectivity index (χ2n) is 5.49. The van der Waals surface area contributed by atoms with Gasteiger partial charge in [-0.1, -0.05) is 43.5 Å². The third-order valence-electron chi connectivity index (χ3n) is 4.03. The van der Waals surface area contributed by atoms with Crippen LogP contribution in [-0.4, -0.2) is 18.0 Å². The Kier molecular flexibility index (Phi) is 5.65. The smallest absolute Gasteiger partial charge is 0.0233 e. The van der Waals surface area contributed by atoms with Crippen molar-refractivity contribution in [3.63, 3.8) is 0 Å². The predicted molar refractivity (Wildman–Crippen MR) is 85.4 cm³/mol. The number of rotatable bonds is 6. The molecule has 0 saturated carbocycles. The number of likely N-dealkylation sites (tertiary alicyclic amines) is 1. The third kappa shape index (κ3) is 4.11. The highest BCUT2D eigenvalue weighted by molar-refractivity contribution is 5.14. The van der Waals surface area contributed by atoms with Crippen molar-refractivity contribution in [1.29, 1.82) is 0 Å². The number of nitrogens with zero attached hydrogens (tertiary/aromatic N) is 1. The van der Waals surface area contributed by atoms with E-state index in [0.717, 1.165) is 32.5 Å². The van der Waals surface area contributed by atoms with Crippen LogP contribution in [0.2, 0.25) is 0 Å². The minimum atomic E-state index is 0.692. The molecule has 1 heterocycles. The Hall–Kier alpha value is -1.78. The topological polar surface area (TPSA) is 3.24 Å². The zero-order valence-corrected chi connectivity index (χ0v) is 12.1. The van der Waals surface area contributed by atoms with Crippen molar-refractivity contribution >= 4 is 0 Å². The molecule has 0 bridgehead atoms. The second-order valence-corrected chi connectivity index (χ2v) is 5.49. The number of allylic oxidation sites excluding steroid dienone is 2. The molecule has 1 aromatic rings. The fourth-order valence-electron chi connectivity index (χ4n) is 3.01. The van der Waals surface area contributed by atoms with Crippen LogP contribution in [0, 0.1) is 11.8 Å². The minimum Gasteiger partial charge on any atom is -0.298 e. The normalized spacial score (nSPS) is 22.0. The standard InChI is InChI=1S/C19H23N/c1-3-5-12-18-15-20(16-19(18)13-6-4-2)14-17-10-8-7-9-11-17/h5-11,18-19H,1-2,12-16H2/t18-,19-/m1/s1. The largest absolute Gasteiger partial charge is 0.298 e. The molecule has 0 aliphatic carbocycles. The Bertz CT molecular complexity index is 476. The van der Waals surface area contributed by atoms with Crippen LogP contribution in [0.4, 0.5) is 0 Å². The summed E-state index contributed by atoms with van der Waals surface area (Å²) >= 11 is 0. The summed E-state index contributed by atoms with van der Waals surface area (Å²) in [4.78, 5) is 2.55. The van der Waals surface area contributed by atoms with Crippen molar-refractivity contribution in [2.24, 2.45) is 11.8 Å². The van der Waals surface area contributed by atoms with Crippen LogP contribution in [0.1, 0.15) is 18.4 Å². The third-order valence-corrected chi connectivity index (χ3v) is 4.03. The quantitative estimate of drug-likeness (QED) is 0.697. The first-order valence-electron chi connectivity index (χ1n) is 7.28. The van der Waals surface area contributed by atoms with Gasteiger partial charge in [-0.15, -0.1) is 11.5 Å². The van der Waals surface area contributed by atoms with Gasteiger partial charge in [-0.05, 0) is 42.4 Å². The number of hydrogen-bond donors (Lipinski definition) is 0. The average molecular weight is 265 g/mol. The first-order valence-corrected chi connectivity index (χ1v) is 7.28. The molecule has 0 amide bonds. The highest BCUT2D eigenvalue weighted by Gasteiger charge is 2.30. The van der Waals surface area contributed by atoms with E-state index in [0.29, 0.717) is 11.8 Å². The average Bonchev–Trinajstić information content (AvgIpc) is 2.85. The zero-order valence-electron chi connectivity index (χ0n) is 12.1. The summed E-state index contributed by atoms with van der Waals surface area (Å²) in [5.41, 5.74) is 7.20. The molecule has 0 aromatic heterocycles. The van der Waals surface area contributed by atoms with E-state index >= 15 is 0 Å². The summed E-state index contributed by atoms with van der Waals surface area (Å²) in [6, 6.07) is 10.7. The summed E-state index contributed by atoms with van der Waals surface area (Å²) in [6.45, 7) is 10.7. The van der Waals surface area contributed by atoms with E-state index in [-0.39, 0.29) is 0 Å². The van der Waals surface area contributed by atoms with Crippen LogP contribution in [-0.2, 0) is 6.54 Å². The molecule has 0 unspecified atom stereocenters. The Morgan fingerprint density at radius 2 is 1.55 bits per heavy atom. The summed E-state index contributed by atoms with van der Waals surface area (Å²) in [5, 5.41) is 0. The molecule has 0 N–H and O–H groups in total. The molecule has 1 aromatic carbocycles. The number of benzene rings is 1. The molecule has 2 rings (SSSR count). The fourth-order valence-corrected chi connectivity index (χ4v) is 3.01. The van der Waals surface area contributed by atoms with Gasteiger partial charge in [-0.3, -0.25) is 4.90 Å². The first-order chi connectivity index (χ1) is 9.83. The lowest BCUT2D eigenvalue weighted by Crippen LogP contribution is -2.20. The van der Waals surface area contributed by atoms with E-state index in [2.05, 4.69) is 72.0 Å². The molecule has 104 valence electrons. The van der Waals surface area contributed by atoms with Crippen LogP contribution < -0.4 is 0 Å². The molecular weight excluding hydrogens is 242 g/mol. The van der Waals surface area contributed by atoms with E-state index in [4.69, 9.17) is 0 Å². The maximum Gasteiger partial charge on any atom is 0.0233 e. The summed E-state index contributed by atoms with van der Waals surface area (Å²) < 4.78 is 0. The monoisotopic (exact) mass is 265 g/mol. The Morgan fingerprint density at radius 1 is 1.00 bits per heavy atom. The predicted octanol–water partition coefficient (Wildman–Crippen LogP) is 4.20. The van der Waals surface area contributed by atoms with E-state index in [9.17, 15) is 0 Å². The summed E-state index contributed by atoms with van der Waals surface area (Å²) in [5.74, 6) is 1.38. The van der Waals surface area contributed by atoms with Crippen LogP contribution in [0.3, 0.4) is 0 Å². The Labute approximate surface area is 122 Å². The van der Waals surface area contributed by atoms with Gasteiger partial charge in [-0.25, -0.2) is 0 Å². The van der Waals surface area contributed by atoms with E-state index < -0.39 is 0 Å². The minimum absolute atomic E-state index is 0.692. The first kappa shape index (κ1) is 14.6. The summed E-state index contributed by atoms with van der Waals surface area (Å²) in [6.07, 6.45) is 6.29. The summed E-state index contributed by atoms with van der Waals surface area (Å²) in [7, 11) is 0. The van der Waals surface area contributed by atoms with Gasteiger partial charge in [0, 0.05) is 19.6 Å². The Morgan fingerprint density at radius 3 is 2.05 bits per heavy atom. The van der Waals surface area contributed by atoms with Crippen LogP contribution >= 0.6 is 0 Å². The molecule has 1 aliphatic rings. The molecule has 2 atom stereocenters. The van der Waals surface area contributed by atoms with Gasteiger partial charge in [0.1, 0.15) is 0 Å². The number of hydrogen-bond acceptors (Lipinski definition) is 1. The van der Waals surface area contributed by atoms with Gasteiger partial charge in [0.2, 0.25) is 0 Å². The van der Waals surface area contributed by atoms with E-state index in [1.165, 1.54) is 5.56 Å². The molecule has 0 radical (unpaired) electrons. The molecule has 20 heavy (non-hydrogen) atoms. The fraction of sp³-hybridized carbons (Fsp3) is 0.368. The van der Waals surface area contributed by atoms with Crippen LogP contribution in [0.5, 0.6) is 0 Å². The van der Waals surface area contributed by atoms with Gasteiger partial charge in [0.15, 0.2) is 0 Å². The molecule has 0 spiro atoms. The van der Waals surface area contributed by atoms with Gasteiger partial charge in [-0.2, -0.15) is 0 Å². The van der Waals surface area contributed by atoms with Crippen LogP contribution in [0.15, 0.2) is 67.1 Å². The van der Waals surface area contributed by atoms with E-state index in [1.807, 2.05) is 0 Å². The molecule has 1 fully saturated rings. The second kappa shape index (κ2) is 7.72. The van der Waals surface area contributed by atoms with Crippen molar-refractivity contribution in [3.8, 4) is 0 Å². The lowest BCUT2D eigenvalue weighted by Gasteiger charge is -2.15. The van der Waals surface area contributed by atoms with Gasteiger partial charge in [0.25, 0.3) is 0 Å². The van der Waals surface area contributed by atoms with Crippen molar-refractivity contribution in [1.82, 2.24) is 4.90 Å². The maximum absolute atomic E-state index is 3.67.